The Kier molecular flexibility index (Phi) is 6.04. The molecule has 27 heavy (non-hydrogen) atoms. The highest BCUT2D eigenvalue weighted by molar-refractivity contribution is 5.83. The van der Waals surface area contributed by atoms with Crippen LogP contribution < -0.4 is 0 Å². The molecule has 0 aromatic heterocycles. The van der Waals surface area contributed by atoms with Gasteiger partial charge in [-0.05, 0) is 18.4 Å². The van der Waals surface area contributed by atoms with Crippen LogP contribution in [0.4, 0.5) is 13.2 Å². The first-order valence-corrected chi connectivity index (χ1v) is 9.15. The molecular formula is C19H23F3N2O3. The van der Waals surface area contributed by atoms with Crippen LogP contribution in [0.3, 0.4) is 0 Å². The number of carbonyl (C=O) groups is 2. The lowest BCUT2D eigenvalue weighted by molar-refractivity contribution is -0.187. The van der Waals surface area contributed by atoms with Crippen LogP contribution in [0.2, 0.25) is 0 Å². The predicted molar refractivity (Wildman–Crippen MR) is 91.8 cm³/mol. The molecule has 5 nitrogen and oxygen atoms in total. The molecule has 1 unspecified atom stereocenters. The molecule has 2 saturated heterocycles. The third kappa shape index (κ3) is 5.00. The standard InChI is InChI=1S/C19H23F3N2O3/c20-19(21,22)18(26)23-8-6-15(7-9-23)17(25)24-10-11-27-16(13-24)12-14-4-2-1-3-5-14/h1-5,15-16H,6-13H2. The van der Waals surface area contributed by atoms with Crippen molar-refractivity contribution in [2.45, 2.75) is 31.5 Å². The quantitative estimate of drug-likeness (QED) is 0.803. The molecule has 2 aliphatic rings. The monoisotopic (exact) mass is 384 g/mol. The van der Waals surface area contributed by atoms with Crippen molar-refractivity contribution in [3.05, 3.63) is 35.9 Å². The van der Waals surface area contributed by atoms with Gasteiger partial charge in [0.25, 0.3) is 0 Å². The molecule has 0 aliphatic carbocycles. The van der Waals surface area contributed by atoms with Crippen LogP contribution in [-0.2, 0) is 20.7 Å². The molecule has 1 aromatic rings. The van der Waals surface area contributed by atoms with Crippen molar-refractivity contribution in [3.8, 4) is 0 Å². The third-order valence-electron chi connectivity index (χ3n) is 5.13. The Morgan fingerprint density at radius 1 is 1.04 bits per heavy atom. The van der Waals surface area contributed by atoms with Gasteiger partial charge in [0, 0.05) is 38.5 Å². The van der Waals surface area contributed by atoms with Crippen molar-refractivity contribution in [3.63, 3.8) is 0 Å². The van der Waals surface area contributed by atoms with Gasteiger partial charge in [-0.2, -0.15) is 13.2 Å². The van der Waals surface area contributed by atoms with Gasteiger partial charge >= 0.3 is 12.1 Å². The van der Waals surface area contributed by atoms with E-state index in [1.807, 2.05) is 30.3 Å². The number of carbonyl (C=O) groups excluding carboxylic acids is 2. The zero-order chi connectivity index (χ0) is 19.4. The van der Waals surface area contributed by atoms with E-state index >= 15 is 0 Å². The fraction of sp³-hybridized carbons (Fsp3) is 0.579. The second-order valence-electron chi connectivity index (χ2n) is 7.03. The maximum absolute atomic E-state index is 12.8. The van der Waals surface area contributed by atoms with Gasteiger partial charge in [-0.15, -0.1) is 0 Å². The van der Waals surface area contributed by atoms with Crippen molar-refractivity contribution in [2.24, 2.45) is 5.92 Å². The van der Waals surface area contributed by atoms with Crippen LogP contribution in [0.1, 0.15) is 18.4 Å². The van der Waals surface area contributed by atoms with Gasteiger partial charge in [-0.3, -0.25) is 9.59 Å². The maximum atomic E-state index is 12.8. The summed E-state index contributed by atoms with van der Waals surface area (Å²) < 4.78 is 43.3. The number of likely N-dealkylation sites (tertiary alicyclic amines) is 1. The average Bonchev–Trinajstić information content (AvgIpc) is 2.67. The summed E-state index contributed by atoms with van der Waals surface area (Å²) in [6, 6.07) is 9.88. The minimum absolute atomic E-state index is 0.0352. The summed E-state index contributed by atoms with van der Waals surface area (Å²) >= 11 is 0. The molecule has 2 fully saturated rings. The van der Waals surface area contributed by atoms with Crippen LogP contribution in [0, 0.1) is 5.92 Å². The first-order chi connectivity index (χ1) is 12.8. The van der Waals surface area contributed by atoms with Gasteiger partial charge in [0.2, 0.25) is 5.91 Å². The Labute approximate surface area is 156 Å². The van der Waals surface area contributed by atoms with Crippen molar-refractivity contribution >= 4 is 11.8 Å². The second-order valence-corrected chi connectivity index (χ2v) is 7.03. The van der Waals surface area contributed by atoms with E-state index in [4.69, 9.17) is 4.74 Å². The number of ether oxygens (including phenoxy) is 1. The number of piperidine rings is 1. The zero-order valence-electron chi connectivity index (χ0n) is 15.0. The van der Waals surface area contributed by atoms with Crippen LogP contribution in [0.25, 0.3) is 0 Å². The van der Waals surface area contributed by atoms with Crippen LogP contribution in [0.15, 0.2) is 30.3 Å². The van der Waals surface area contributed by atoms with Gasteiger partial charge in [-0.25, -0.2) is 0 Å². The van der Waals surface area contributed by atoms with E-state index in [9.17, 15) is 22.8 Å². The molecule has 2 aliphatic heterocycles. The molecule has 0 spiro atoms. The highest BCUT2D eigenvalue weighted by atomic mass is 19.4. The Morgan fingerprint density at radius 2 is 1.70 bits per heavy atom. The zero-order valence-corrected chi connectivity index (χ0v) is 15.0. The average molecular weight is 384 g/mol. The molecule has 148 valence electrons. The minimum atomic E-state index is -4.86. The lowest BCUT2D eigenvalue weighted by Gasteiger charge is -2.38. The molecule has 2 amide bonds. The van der Waals surface area contributed by atoms with Crippen LogP contribution in [0.5, 0.6) is 0 Å². The van der Waals surface area contributed by atoms with E-state index in [-0.39, 0.29) is 43.9 Å². The Bertz CT molecular complexity index is 658. The van der Waals surface area contributed by atoms with Crippen molar-refractivity contribution < 1.29 is 27.5 Å². The molecule has 1 aromatic carbocycles. The van der Waals surface area contributed by atoms with Gasteiger partial charge in [-0.1, -0.05) is 30.3 Å². The van der Waals surface area contributed by atoms with E-state index in [2.05, 4.69) is 0 Å². The molecule has 3 rings (SSSR count). The summed E-state index contributed by atoms with van der Waals surface area (Å²) in [6.45, 7) is 1.36. The summed E-state index contributed by atoms with van der Waals surface area (Å²) in [7, 11) is 0. The van der Waals surface area contributed by atoms with E-state index < -0.39 is 12.1 Å². The van der Waals surface area contributed by atoms with E-state index in [1.165, 1.54) is 0 Å². The lowest BCUT2D eigenvalue weighted by atomic mass is 9.94. The minimum Gasteiger partial charge on any atom is -0.374 e. The van der Waals surface area contributed by atoms with Gasteiger partial charge in [0.15, 0.2) is 0 Å². The van der Waals surface area contributed by atoms with Crippen molar-refractivity contribution in [1.82, 2.24) is 9.80 Å². The summed E-state index contributed by atoms with van der Waals surface area (Å²) in [4.78, 5) is 26.6. The largest absolute Gasteiger partial charge is 0.471 e. The second kappa shape index (κ2) is 8.29. The molecule has 1 atom stereocenters. The number of alkyl halides is 3. The number of hydrogen-bond donors (Lipinski definition) is 0. The molecule has 0 radical (unpaired) electrons. The van der Waals surface area contributed by atoms with Crippen molar-refractivity contribution in [2.75, 3.05) is 32.8 Å². The van der Waals surface area contributed by atoms with Crippen molar-refractivity contribution in [1.29, 1.82) is 0 Å². The number of halogens is 3. The number of amides is 2. The Morgan fingerprint density at radius 3 is 2.33 bits per heavy atom. The lowest BCUT2D eigenvalue weighted by Crippen LogP contribution is -2.51. The molecule has 8 heteroatoms. The number of benzene rings is 1. The number of hydrogen-bond acceptors (Lipinski definition) is 3. The molecule has 2 heterocycles. The van der Waals surface area contributed by atoms with Crippen LogP contribution >= 0.6 is 0 Å². The van der Waals surface area contributed by atoms with Gasteiger partial charge < -0.3 is 14.5 Å². The Hall–Kier alpha value is -2.09. The molecule has 0 N–H and O–H groups in total. The Balaban J connectivity index is 1.51. The highest BCUT2D eigenvalue weighted by Crippen LogP contribution is 2.25. The first kappa shape index (κ1) is 19.7. The fourth-order valence-corrected chi connectivity index (χ4v) is 3.69. The van der Waals surface area contributed by atoms with E-state index in [1.54, 1.807) is 4.90 Å². The van der Waals surface area contributed by atoms with Gasteiger partial charge in [0.1, 0.15) is 0 Å². The smallest absolute Gasteiger partial charge is 0.374 e. The molecular weight excluding hydrogens is 361 g/mol. The van der Waals surface area contributed by atoms with E-state index in [0.717, 1.165) is 10.5 Å². The highest BCUT2D eigenvalue weighted by Gasteiger charge is 2.44. The number of morpholine rings is 1. The first-order valence-electron chi connectivity index (χ1n) is 9.15. The van der Waals surface area contributed by atoms with Gasteiger partial charge in [0.05, 0.1) is 12.7 Å². The fourth-order valence-electron chi connectivity index (χ4n) is 3.69. The summed E-state index contributed by atoms with van der Waals surface area (Å²) in [5.41, 5.74) is 1.13. The number of nitrogens with zero attached hydrogens (tertiary/aromatic N) is 2. The molecule has 0 bridgehead atoms. The topological polar surface area (TPSA) is 49.9 Å². The van der Waals surface area contributed by atoms with Crippen LogP contribution in [-0.4, -0.2) is 66.7 Å². The predicted octanol–water partition coefficient (Wildman–Crippen LogP) is 2.26. The summed E-state index contributed by atoms with van der Waals surface area (Å²) in [5, 5.41) is 0. The summed E-state index contributed by atoms with van der Waals surface area (Å²) in [5.74, 6) is -2.20. The third-order valence-corrected chi connectivity index (χ3v) is 5.13. The molecule has 0 saturated carbocycles. The normalized spacial score (nSPS) is 22.0. The number of rotatable bonds is 3. The SMILES string of the molecule is O=C(C1CCN(C(=O)C(F)(F)F)CC1)N1CCOC(Cc2ccccc2)C1. The van der Waals surface area contributed by atoms with E-state index in [0.29, 0.717) is 26.1 Å². The summed E-state index contributed by atoms with van der Waals surface area (Å²) in [6.07, 6.45) is -3.70. The maximum Gasteiger partial charge on any atom is 0.471 e.